The maximum atomic E-state index is 15.4. The third-order valence-corrected chi connectivity index (χ3v) is 16.2. The van der Waals surface area contributed by atoms with Crippen LogP contribution < -0.4 is 29.6 Å². The number of nitrogens with zero attached hydrogens (tertiary/aromatic N) is 2. The molecule has 0 bridgehead atoms. The number of alkyl carbamates (subject to hydrolysis) is 1. The lowest BCUT2D eigenvalue weighted by atomic mass is 9.88. The number of carbonyl (C=O) groups is 4. The van der Waals surface area contributed by atoms with E-state index >= 15 is 9.18 Å². The van der Waals surface area contributed by atoms with E-state index in [1.807, 2.05) is 26.0 Å². The Balaban J connectivity index is 0.00000296. The molecular weight excluding hydrogens is 870 g/mol. The van der Waals surface area contributed by atoms with Crippen LogP contribution in [-0.2, 0) is 29.1 Å². The van der Waals surface area contributed by atoms with Crippen LogP contribution in [0.5, 0.6) is 17.4 Å². The Labute approximate surface area is 390 Å². The van der Waals surface area contributed by atoms with Crippen LogP contribution in [-0.4, -0.2) is 97.0 Å². The Kier molecular flexibility index (Phi) is 12.8. The molecule has 7 atom stereocenters. The summed E-state index contributed by atoms with van der Waals surface area (Å²) in [5, 5.41) is 7.03. The quantitative estimate of drug-likeness (QED) is 0.151. The Bertz CT molecular complexity index is 2560. The van der Waals surface area contributed by atoms with E-state index in [1.165, 1.54) is 17.0 Å². The fourth-order valence-corrected chi connectivity index (χ4v) is 10.4. The number of hydrogen-bond donors (Lipinski definition) is 3. The summed E-state index contributed by atoms with van der Waals surface area (Å²) in [6, 6.07) is 9.37. The molecule has 0 radical (unpaired) electrons. The van der Waals surface area contributed by atoms with Crippen LogP contribution in [0.25, 0.3) is 22.0 Å². The second kappa shape index (κ2) is 18.0. The number of allylic oxidation sites excluding steroid dienone is 1. The molecule has 1 saturated heterocycles. The zero-order chi connectivity index (χ0) is 47.3. The number of methoxy groups -OCH3 is 1. The molecule has 15 nitrogen and oxygen atoms in total. The van der Waals surface area contributed by atoms with Crippen LogP contribution in [0.1, 0.15) is 104 Å². The molecule has 362 valence electrons. The van der Waals surface area contributed by atoms with Crippen molar-refractivity contribution in [1.82, 2.24) is 25.2 Å². The van der Waals surface area contributed by atoms with Crippen LogP contribution in [0.15, 0.2) is 54.6 Å². The van der Waals surface area contributed by atoms with E-state index in [9.17, 15) is 22.8 Å². The van der Waals surface area contributed by atoms with Gasteiger partial charge in [0.2, 0.25) is 27.7 Å². The van der Waals surface area contributed by atoms with Gasteiger partial charge in [-0.3, -0.25) is 19.1 Å². The van der Waals surface area contributed by atoms with Crippen molar-refractivity contribution in [3.05, 3.63) is 60.4 Å². The minimum absolute atomic E-state index is 0. The standard InChI is InChI=1S/C49H62FN5O10S.3H2/c1-28(2)64-40-15-12-31(22-37(40)50)38-23-32-21-34(62-7)13-14-36(32)43(51-38)65-35-24-39-42(56)53-49(45(58)54-66(60,61)48(6)18-19-48)25-33(49)11-9-8-10-29(3)20-30(4)41(44(57)55(39)26-35)52-46(59)63-27-47(5)16-17-47;;;/h9,11-15,21-23,28-30,33,35,39,41H,8,10,16-20,24-27H2,1-7H3,(H,52,59)(H,53,56)(H,54,58);3*1H/b11-9-;;;/t29-,30-,33-,35-,39+,41+,49-;;;/m1.../s1. The number of pyridine rings is 1. The summed E-state index contributed by atoms with van der Waals surface area (Å²) < 4.78 is 66.8. The molecule has 4 amide bonds. The van der Waals surface area contributed by atoms with Crippen molar-refractivity contribution in [2.75, 3.05) is 20.3 Å². The number of rotatable bonds is 12. The normalized spacial score (nSPS) is 28.4. The molecule has 3 N–H and O–H groups in total. The Morgan fingerprint density at radius 1 is 1.05 bits per heavy atom. The number of benzene rings is 2. The average molecular weight is 938 g/mol. The highest BCUT2D eigenvalue weighted by Crippen LogP contribution is 2.48. The Morgan fingerprint density at radius 2 is 1.80 bits per heavy atom. The molecule has 66 heavy (non-hydrogen) atoms. The largest absolute Gasteiger partial charge is 0.497 e. The second-order valence-electron chi connectivity index (χ2n) is 20.2. The number of ether oxygens (including phenoxy) is 4. The zero-order valence-electron chi connectivity index (χ0n) is 38.8. The highest BCUT2D eigenvalue weighted by atomic mass is 32.2. The molecule has 5 aliphatic rings. The summed E-state index contributed by atoms with van der Waals surface area (Å²) in [5.41, 5.74) is -0.863. The first-order valence-corrected chi connectivity index (χ1v) is 24.6. The van der Waals surface area contributed by atoms with Crippen LogP contribution in [0, 0.1) is 29.0 Å². The van der Waals surface area contributed by atoms with Crippen molar-refractivity contribution in [2.24, 2.45) is 23.2 Å². The van der Waals surface area contributed by atoms with Gasteiger partial charge in [-0.15, -0.1) is 0 Å². The first-order valence-electron chi connectivity index (χ1n) is 23.1. The summed E-state index contributed by atoms with van der Waals surface area (Å²) in [7, 11) is -2.51. The Hall–Kier alpha value is -5.45. The average Bonchev–Trinajstić information content (AvgIpc) is 4.23. The van der Waals surface area contributed by atoms with Gasteiger partial charge in [0, 0.05) is 33.0 Å². The lowest BCUT2D eigenvalue weighted by Crippen LogP contribution is -2.59. The van der Waals surface area contributed by atoms with E-state index in [2.05, 4.69) is 22.3 Å². The van der Waals surface area contributed by atoms with Gasteiger partial charge in [-0.25, -0.2) is 22.6 Å². The smallest absolute Gasteiger partial charge is 0.407 e. The number of nitrogens with one attached hydrogen (secondary N) is 3. The number of amides is 4. The minimum atomic E-state index is -4.05. The van der Waals surface area contributed by atoms with Gasteiger partial charge >= 0.3 is 6.09 Å². The number of aromatic nitrogens is 1. The Morgan fingerprint density at radius 3 is 2.48 bits per heavy atom. The summed E-state index contributed by atoms with van der Waals surface area (Å²) >= 11 is 0. The van der Waals surface area contributed by atoms with Crippen molar-refractivity contribution < 1.29 is 55.2 Å². The van der Waals surface area contributed by atoms with Crippen LogP contribution in [0.4, 0.5) is 9.18 Å². The van der Waals surface area contributed by atoms with Crippen molar-refractivity contribution in [2.45, 2.75) is 134 Å². The molecule has 1 aromatic heterocycles. The van der Waals surface area contributed by atoms with Crippen LogP contribution in [0.3, 0.4) is 0 Å². The number of sulfonamides is 1. The number of halogens is 1. The molecule has 17 heteroatoms. The third kappa shape index (κ3) is 9.96. The lowest BCUT2D eigenvalue weighted by Gasteiger charge is -2.32. The van der Waals surface area contributed by atoms with Gasteiger partial charge in [-0.05, 0) is 132 Å². The minimum Gasteiger partial charge on any atom is -0.497 e. The molecule has 2 aromatic carbocycles. The number of hydrogen-bond acceptors (Lipinski definition) is 11. The van der Waals surface area contributed by atoms with Gasteiger partial charge in [-0.1, -0.05) is 32.9 Å². The molecule has 3 heterocycles. The molecule has 3 saturated carbocycles. The molecule has 3 aromatic rings. The number of fused-ring (bicyclic) bond motifs is 3. The fraction of sp³-hybridized carbons (Fsp3) is 0.571. The highest BCUT2D eigenvalue weighted by molar-refractivity contribution is 7.91. The van der Waals surface area contributed by atoms with E-state index in [0.717, 1.165) is 19.3 Å². The van der Waals surface area contributed by atoms with Gasteiger partial charge in [-0.2, -0.15) is 0 Å². The van der Waals surface area contributed by atoms with Gasteiger partial charge in [0.15, 0.2) is 11.6 Å². The van der Waals surface area contributed by atoms with Crippen molar-refractivity contribution >= 4 is 44.6 Å². The summed E-state index contributed by atoms with van der Waals surface area (Å²) in [6.45, 7) is 11.3. The maximum Gasteiger partial charge on any atom is 0.407 e. The van der Waals surface area contributed by atoms with Crippen molar-refractivity contribution in [3.8, 4) is 28.6 Å². The molecule has 4 fully saturated rings. The second-order valence-corrected chi connectivity index (χ2v) is 22.4. The lowest BCUT2D eigenvalue weighted by molar-refractivity contribution is -0.142. The predicted octanol–water partition coefficient (Wildman–Crippen LogP) is 7.70. The predicted molar refractivity (Wildman–Crippen MR) is 251 cm³/mol. The van der Waals surface area contributed by atoms with Gasteiger partial charge in [0.25, 0.3) is 5.91 Å². The number of carbonyl (C=O) groups excluding carboxylic acids is 4. The summed E-state index contributed by atoms with van der Waals surface area (Å²) in [5.74, 6) is -2.56. The van der Waals surface area contributed by atoms with E-state index in [1.54, 1.807) is 58.2 Å². The zero-order valence-corrected chi connectivity index (χ0v) is 39.6. The molecule has 3 aliphatic carbocycles. The monoisotopic (exact) mass is 937 g/mol. The third-order valence-electron chi connectivity index (χ3n) is 14.0. The molecule has 0 unspecified atom stereocenters. The molecular formula is C49H68FN5O10S. The molecule has 0 spiro atoms. The first kappa shape index (κ1) is 47.1. The summed E-state index contributed by atoms with van der Waals surface area (Å²) in [4.78, 5) is 63.7. The maximum absolute atomic E-state index is 15.4. The first-order chi connectivity index (χ1) is 31.2. The topological polar surface area (TPSA) is 192 Å². The molecule has 8 rings (SSSR count). The van der Waals surface area contributed by atoms with Gasteiger partial charge in [0.1, 0.15) is 29.5 Å². The van der Waals surface area contributed by atoms with E-state index in [4.69, 9.17) is 23.9 Å². The van der Waals surface area contributed by atoms with Crippen LogP contribution >= 0.6 is 0 Å². The fourth-order valence-electron chi connectivity index (χ4n) is 9.10. The summed E-state index contributed by atoms with van der Waals surface area (Å²) in [6.07, 6.45) is 6.74. The van der Waals surface area contributed by atoms with Crippen molar-refractivity contribution in [3.63, 3.8) is 0 Å². The van der Waals surface area contributed by atoms with E-state index < -0.39 is 74.0 Å². The molecule has 2 aliphatic heterocycles. The van der Waals surface area contributed by atoms with Gasteiger partial charge in [0.05, 0.1) is 36.8 Å². The van der Waals surface area contributed by atoms with Crippen LogP contribution in [0.2, 0.25) is 0 Å². The van der Waals surface area contributed by atoms with Crippen molar-refractivity contribution in [1.29, 1.82) is 0 Å². The van der Waals surface area contributed by atoms with Gasteiger partial charge < -0.3 is 34.5 Å². The highest BCUT2D eigenvalue weighted by Gasteiger charge is 2.63. The van der Waals surface area contributed by atoms with E-state index in [-0.39, 0.29) is 65.3 Å². The SMILES string of the molecule is COc1ccc2c(O[C@@H]3C[C@H]4C(=O)N[C@]5(C(=O)NS(=O)(=O)C6(C)CC6)C[C@H]5/C=C\CC[C@@H](C)C[C@@H](C)[C@H](NC(=O)OCC5(C)CC5)C(=O)N4C3)nc(-c3ccc(OC(C)C)c(F)c3)cc2c1.[HH].[HH].[HH]. The van der Waals surface area contributed by atoms with E-state index in [0.29, 0.717) is 53.5 Å².